The maximum absolute atomic E-state index is 15.4. The number of carbonyl (C=O) groups is 1. The summed E-state index contributed by atoms with van der Waals surface area (Å²) in [6.07, 6.45) is 5.33. The number of anilines is 2. The van der Waals surface area contributed by atoms with Gasteiger partial charge >= 0.3 is 0 Å². The van der Waals surface area contributed by atoms with Crippen LogP contribution in [0.15, 0.2) is 65.9 Å². The predicted molar refractivity (Wildman–Crippen MR) is 144 cm³/mol. The van der Waals surface area contributed by atoms with E-state index in [9.17, 15) is 15.2 Å². The van der Waals surface area contributed by atoms with Gasteiger partial charge in [0.1, 0.15) is 17.9 Å². The average Bonchev–Trinajstić information content (AvgIpc) is 3.56. The van der Waals surface area contributed by atoms with Crippen LogP contribution in [0.5, 0.6) is 0 Å². The van der Waals surface area contributed by atoms with Crippen LogP contribution >= 0.6 is 0 Å². The van der Waals surface area contributed by atoms with Crippen molar-refractivity contribution in [3.05, 3.63) is 78.3 Å². The number of hydrogen-bond acceptors (Lipinski definition) is 9. The minimum absolute atomic E-state index is 0.0704. The number of rotatable bonds is 8. The molecule has 5 rings (SSSR count). The Hall–Kier alpha value is -5.15. The van der Waals surface area contributed by atoms with E-state index in [0.717, 1.165) is 0 Å². The van der Waals surface area contributed by atoms with Crippen molar-refractivity contribution in [1.82, 2.24) is 24.6 Å². The van der Waals surface area contributed by atoms with Gasteiger partial charge in [0.05, 0.1) is 63.9 Å². The summed E-state index contributed by atoms with van der Waals surface area (Å²) in [4.78, 5) is 26.7. The van der Waals surface area contributed by atoms with Gasteiger partial charge in [-0.3, -0.25) is 9.78 Å². The van der Waals surface area contributed by atoms with E-state index in [2.05, 4.69) is 26.1 Å². The first-order valence-corrected chi connectivity index (χ1v) is 12.2. The van der Waals surface area contributed by atoms with Crippen molar-refractivity contribution < 1.29 is 18.7 Å². The van der Waals surface area contributed by atoms with E-state index < -0.39 is 17.7 Å². The Morgan fingerprint density at radius 2 is 2.05 bits per heavy atom. The molecule has 0 unspecified atom stereocenters. The van der Waals surface area contributed by atoms with Gasteiger partial charge < -0.3 is 20.2 Å². The number of pyridine rings is 2. The first kappa shape index (κ1) is 26.5. The van der Waals surface area contributed by atoms with Crippen LogP contribution in [-0.4, -0.2) is 53.9 Å². The molecule has 0 aromatic carbocycles. The van der Waals surface area contributed by atoms with E-state index in [1.807, 2.05) is 12.1 Å². The molecule has 0 aliphatic carbocycles. The second-order valence-corrected chi connectivity index (χ2v) is 9.76. The molecule has 5 heterocycles. The van der Waals surface area contributed by atoms with E-state index >= 15 is 4.39 Å². The SMILES string of the molecule is Cc1ncoc1-c1ncc(N(C[C@@H](F)C(C)(C)O)c2ccncc2C(N)=O)cc1-c1ccc2cc(C#N)cnn12. The second kappa shape index (κ2) is 10.2. The first-order valence-electron chi connectivity index (χ1n) is 12.2. The van der Waals surface area contributed by atoms with Gasteiger partial charge in [-0.25, -0.2) is 18.9 Å². The zero-order valence-corrected chi connectivity index (χ0v) is 21.9. The molecular weight excluding hydrogens is 515 g/mol. The van der Waals surface area contributed by atoms with E-state index in [1.165, 1.54) is 49.9 Å². The molecule has 0 spiro atoms. The van der Waals surface area contributed by atoms with Crippen LogP contribution in [0.1, 0.15) is 35.5 Å². The molecule has 3 N–H and O–H groups in total. The van der Waals surface area contributed by atoms with E-state index in [4.69, 9.17) is 10.2 Å². The fourth-order valence-electron chi connectivity index (χ4n) is 4.31. The highest BCUT2D eigenvalue weighted by Gasteiger charge is 2.31. The lowest BCUT2D eigenvalue weighted by Crippen LogP contribution is -2.41. The van der Waals surface area contributed by atoms with Crippen molar-refractivity contribution in [2.75, 3.05) is 11.4 Å². The number of aliphatic hydroxyl groups is 1. The number of carbonyl (C=O) groups excluding carboxylic acids is 1. The van der Waals surface area contributed by atoms with Crippen LogP contribution in [0.3, 0.4) is 0 Å². The summed E-state index contributed by atoms with van der Waals surface area (Å²) in [5, 5.41) is 24.1. The third-order valence-electron chi connectivity index (χ3n) is 6.51. The highest BCUT2D eigenvalue weighted by molar-refractivity contribution is 5.99. The molecular formula is C28H25FN8O3. The lowest BCUT2D eigenvalue weighted by Gasteiger charge is -2.32. The molecule has 1 amide bonds. The largest absolute Gasteiger partial charge is 0.442 e. The van der Waals surface area contributed by atoms with E-state index in [1.54, 1.807) is 29.6 Å². The van der Waals surface area contributed by atoms with Gasteiger partial charge in [-0.2, -0.15) is 10.4 Å². The number of primary amides is 1. The van der Waals surface area contributed by atoms with Crippen LogP contribution in [0, 0.1) is 18.3 Å². The lowest BCUT2D eigenvalue weighted by molar-refractivity contribution is 0.00145. The van der Waals surface area contributed by atoms with Crippen molar-refractivity contribution in [2.24, 2.45) is 5.73 Å². The van der Waals surface area contributed by atoms with Crippen molar-refractivity contribution in [1.29, 1.82) is 5.26 Å². The molecule has 1 atom stereocenters. The Labute approximate surface area is 228 Å². The molecule has 0 saturated heterocycles. The number of amides is 1. The Kier molecular flexibility index (Phi) is 6.74. The Bertz CT molecular complexity index is 1770. The number of nitriles is 1. The van der Waals surface area contributed by atoms with Gasteiger partial charge in [-0.15, -0.1) is 0 Å². The number of aromatic nitrogens is 5. The zero-order valence-electron chi connectivity index (χ0n) is 21.9. The van der Waals surface area contributed by atoms with Gasteiger partial charge in [-0.1, -0.05) is 0 Å². The smallest absolute Gasteiger partial charge is 0.252 e. The molecule has 0 aliphatic heterocycles. The summed E-state index contributed by atoms with van der Waals surface area (Å²) in [6, 6.07) is 10.7. The van der Waals surface area contributed by atoms with Gasteiger partial charge in [0, 0.05) is 18.0 Å². The van der Waals surface area contributed by atoms with Crippen LogP contribution in [-0.2, 0) is 0 Å². The normalized spacial score (nSPS) is 12.3. The number of nitrogens with two attached hydrogens (primary N) is 1. The molecule has 5 aromatic rings. The Balaban J connectivity index is 1.75. The maximum Gasteiger partial charge on any atom is 0.252 e. The number of halogens is 1. The zero-order chi connectivity index (χ0) is 28.6. The minimum atomic E-state index is -1.72. The molecule has 12 heteroatoms. The lowest BCUT2D eigenvalue weighted by atomic mass is 10.0. The standard InChI is InChI=1S/C28H25FN8O3/c1-16-26(40-15-34-16)25-20(23-5-4-18-8-17(10-30)11-35-37(18)23)9-19(12-33-25)36(14-24(29)28(2,3)39)22-6-7-32-13-21(22)27(31)38/h4-9,11-13,15,24,39H,14H2,1-3H3,(H2,31,38)/t24-/m1/s1. The summed E-state index contributed by atoms with van der Waals surface area (Å²) in [7, 11) is 0. The number of oxazole rings is 1. The van der Waals surface area contributed by atoms with Crippen molar-refractivity contribution in [3.63, 3.8) is 0 Å². The fraction of sp³-hybridized carbons (Fsp3) is 0.214. The number of nitrogens with zero attached hydrogens (tertiary/aromatic N) is 7. The third kappa shape index (κ3) is 4.85. The Morgan fingerprint density at radius 3 is 2.73 bits per heavy atom. The molecule has 0 saturated carbocycles. The number of alkyl halides is 1. The Morgan fingerprint density at radius 1 is 1.25 bits per heavy atom. The number of hydrogen-bond donors (Lipinski definition) is 2. The van der Waals surface area contributed by atoms with Crippen molar-refractivity contribution >= 4 is 22.8 Å². The predicted octanol–water partition coefficient (Wildman–Crippen LogP) is 3.97. The second-order valence-electron chi connectivity index (χ2n) is 9.76. The molecule has 202 valence electrons. The fourth-order valence-corrected chi connectivity index (χ4v) is 4.31. The summed E-state index contributed by atoms with van der Waals surface area (Å²) < 4.78 is 22.7. The number of aryl methyl sites for hydroxylation is 1. The van der Waals surface area contributed by atoms with Crippen LogP contribution < -0.4 is 10.6 Å². The van der Waals surface area contributed by atoms with Crippen molar-refractivity contribution in [2.45, 2.75) is 32.5 Å². The average molecular weight is 541 g/mol. The van der Waals surface area contributed by atoms with Crippen LogP contribution in [0.4, 0.5) is 15.8 Å². The van der Waals surface area contributed by atoms with Gasteiger partial charge in [0.25, 0.3) is 5.91 Å². The quantitative estimate of drug-likeness (QED) is 0.297. The van der Waals surface area contributed by atoms with Gasteiger partial charge in [0.15, 0.2) is 12.2 Å². The van der Waals surface area contributed by atoms with Crippen LogP contribution in [0.25, 0.3) is 28.2 Å². The highest BCUT2D eigenvalue weighted by atomic mass is 19.1. The third-order valence-corrected chi connectivity index (χ3v) is 6.51. The first-order chi connectivity index (χ1) is 19.1. The molecule has 5 aromatic heterocycles. The monoisotopic (exact) mass is 540 g/mol. The summed E-state index contributed by atoms with van der Waals surface area (Å²) in [5.41, 5.74) is 8.03. The van der Waals surface area contributed by atoms with Gasteiger partial charge in [-0.05, 0) is 51.1 Å². The molecule has 40 heavy (non-hydrogen) atoms. The van der Waals surface area contributed by atoms with E-state index in [-0.39, 0.29) is 12.1 Å². The minimum Gasteiger partial charge on any atom is -0.442 e. The van der Waals surface area contributed by atoms with Crippen molar-refractivity contribution in [3.8, 4) is 28.8 Å². The molecule has 0 radical (unpaired) electrons. The van der Waals surface area contributed by atoms with Crippen LogP contribution in [0.2, 0.25) is 0 Å². The summed E-state index contributed by atoms with van der Waals surface area (Å²) in [5.74, 6) is -0.317. The van der Waals surface area contributed by atoms with Gasteiger partial charge in [0.2, 0.25) is 0 Å². The molecule has 0 aliphatic rings. The summed E-state index contributed by atoms with van der Waals surface area (Å²) >= 11 is 0. The highest BCUT2D eigenvalue weighted by Crippen LogP contribution is 2.38. The maximum atomic E-state index is 15.4. The summed E-state index contributed by atoms with van der Waals surface area (Å²) in [6.45, 7) is 4.19. The number of fused-ring (bicyclic) bond motifs is 1. The van der Waals surface area contributed by atoms with E-state index in [0.29, 0.717) is 50.9 Å². The molecule has 0 fully saturated rings. The molecule has 11 nitrogen and oxygen atoms in total. The molecule has 0 bridgehead atoms. The topological polar surface area (TPSA) is 159 Å².